The van der Waals surface area contributed by atoms with Crippen molar-refractivity contribution in [1.29, 1.82) is 0 Å². The van der Waals surface area contributed by atoms with Gasteiger partial charge in [0.05, 0.1) is 6.42 Å². The molecular formula is C44H56N8O8. The van der Waals surface area contributed by atoms with Crippen LogP contribution in [0.4, 0.5) is 10.5 Å². The molecule has 16 heteroatoms. The van der Waals surface area contributed by atoms with Crippen LogP contribution in [0.15, 0.2) is 85.1 Å². The first-order valence-corrected chi connectivity index (χ1v) is 19.8. The number of para-hydroxylation sites is 2. The molecule has 3 aromatic carbocycles. The Hall–Kier alpha value is -6.71. The van der Waals surface area contributed by atoms with Crippen molar-refractivity contribution in [1.82, 2.24) is 31.2 Å². The maximum Gasteiger partial charge on any atom is 0.319 e. The third kappa shape index (κ3) is 13.4. The number of unbranched alkanes of at least 4 members (excludes halogenated alkanes) is 1. The predicted molar refractivity (Wildman–Crippen MR) is 227 cm³/mol. The average Bonchev–Trinajstić information content (AvgIpc) is 3.61. The number of urea groups is 1. The molecule has 7 amide bonds. The highest BCUT2D eigenvalue weighted by molar-refractivity contribution is 5.97. The number of fused-ring (bicyclic) bond motifs is 1. The second-order valence-corrected chi connectivity index (χ2v) is 15.8. The summed E-state index contributed by atoms with van der Waals surface area (Å²) in [6, 6.07) is 17.8. The van der Waals surface area contributed by atoms with Crippen molar-refractivity contribution in [3.63, 3.8) is 0 Å². The van der Waals surface area contributed by atoms with Gasteiger partial charge in [-0.15, -0.1) is 0 Å². The van der Waals surface area contributed by atoms with Gasteiger partial charge >= 0.3 is 12.0 Å². The Morgan fingerprint density at radius 2 is 1.43 bits per heavy atom. The van der Waals surface area contributed by atoms with Gasteiger partial charge in [-0.2, -0.15) is 0 Å². The Morgan fingerprint density at radius 3 is 2.10 bits per heavy atom. The minimum atomic E-state index is -1.61. The summed E-state index contributed by atoms with van der Waals surface area (Å²) in [7, 11) is 1.24. The van der Waals surface area contributed by atoms with Crippen molar-refractivity contribution >= 4 is 58.1 Å². The number of nitrogens with two attached hydrogens (primary N) is 1. The molecule has 0 radical (unpaired) electrons. The molecule has 60 heavy (non-hydrogen) atoms. The number of hydrogen-bond donors (Lipinski definition) is 8. The summed E-state index contributed by atoms with van der Waals surface area (Å²) >= 11 is 0. The van der Waals surface area contributed by atoms with Crippen LogP contribution in [-0.4, -0.2) is 94.3 Å². The summed E-state index contributed by atoms with van der Waals surface area (Å²) in [6.45, 7) is 7.19. The standard InChI is InChI=1S/C44H56N8O8/c1-27-15-9-11-19-31(27)51-43(60)46-22-14-13-21-33(48-39(56)35(50-42(59)44(2,3)4)24-29-26-47-32-20-12-10-18-30(29)32)41(58)52(5)36(25-37(53)54)40(57)49-34(38(45)55)23-28-16-7-6-8-17-28/h6-12,15-20,26,33-36,47H,13-14,21-25H2,1-5H3,(H2,45,55)(H,48,56)(H,49,57)(H,50,59)(H,53,54)(H2,46,51,60)/t33-,34-,35-,36-/m0/s1. The van der Waals surface area contributed by atoms with E-state index >= 15 is 0 Å². The van der Waals surface area contributed by atoms with E-state index in [-0.39, 0.29) is 25.8 Å². The summed E-state index contributed by atoms with van der Waals surface area (Å²) in [5, 5.41) is 24.4. The number of likely N-dealkylation sites (N-methyl/N-ethyl adjacent to an activating group) is 1. The van der Waals surface area contributed by atoms with E-state index in [0.717, 1.165) is 26.9 Å². The summed E-state index contributed by atoms with van der Waals surface area (Å²) in [5.41, 5.74) is 8.54. The SMILES string of the molecule is Cc1ccccc1NC(=O)NCCCC[C@H](NC(=O)[C@H](Cc1c[nH]c2ccccc12)NC(=O)C(C)(C)C)C(=O)N(C)[C@@H](CC(=O)O)C(=O)N[C@@H](Cc1ccccc1)C(N)=O. The van der Waals surface area contributed by atoms with E-state index in [0.29, 0.717) is 24.1 Å². The van der Waals surface area contributed by atoms with Crippen LogP contribution in [0.5, 0.6) is 0 Å². The van der Waals surface area contributed by atoms with E-state index in [1.807, 2.05) is 43.3 Å². The number of amides is 7. The number of nitrogens with one attached hydrogen (secondary N) is 6. The molecule has 0 spiro atoms. The minimum absolute atomic E-state index is 0.0162. The largest absolute Gasteiger partial charge is 0.481 e. The molecule has 0 bridgehead atoms. The van der Waals surface area contributed by atoms with Gasteiger partial charge in [0.15, 0.2) is 0 Å². The molecule has 9 N–H and O–H groups in total. The molecule has 0 unspecified atom stereocenters. The number of carboxylic acid groups (broad SMARTS) is 1. The topological polar surface area (TPSA) is 245 Å². The lowest BCUT2D eigenvalue weighted by Crippen LogP contribution is -2.59. The molecule has 1 heterocycles. The number of carboxylic acids is 1. The van der Waals surface area contributed by atoms with Crippen LogP contribution in [-0.2, 0) is 41.6 Å². The number of primary amides is 1. The van der Waals surface area contributed by atoms with E-state index < -0.39 is 77.5 Å². The number of aromatic nitrogens is 1. The zero-order valence-electron chi connectivity index (χ0n) is 34.7. The van der Waals surface area contributed by atoms with Crippen LogP contribution in [0.2, 0.25) is 0 Å². The number of rotatable bonds is 20. The zero-order valence-corrected chi connectivity index (χ0v) is 34.7. The highest BCUT2D eigenvalue weighted by atomic mass is 16.4. The maximum atomic E-state index is 14.4. The number of aromatic amines is 1. The van der Waals surface area contributed by atoms with Gasteiger partial charge in [0, 0.05) is 54.6 Å². The van der Waals surface area contributed by atoms with E-state index in [4.69, 9.17) is 5.73 Å². The van der Waals surface area contributed by atoms with Crippen LogP contribution in [0, 0.1) is 12.3 Å². The summed E-state index contributed by atoms with van der Waals surface area (Å²) in [4.78, 5) is 96.9. The first-order chi connectivity index (χ1) is 28.4. The van der Waals surface area contributed by atoms with Crippen LogP contribution in [0.3, 0.4) is 0 Å². The number of aryl methyl sites for hydroxylation is 1. The number of nitrogens with zero attached hydrogens (tertiary/aromatic N) is 1. The highest BCUT2D eigenvalue weighted by Gasteiger charge is 2.37. The fourth-order valence-corrected chi connectivity index (χ4v) is 6.50. The number of hydrogen-bond acceptors (Lipinski definition) is 7. The van der Waals surface area contributed by atoms with Gasteiger partial charge in [-0.3, -0.25) is 28.8 Å². The van der Waals surface area contributed by atoms with Gasteiger partial charge in [-0.25, -0.2) is 4.79 Å². The second-order valence-electron chi connectivity index (χ2n) is 15.8. The molecular weight excluding hydrogens is 769 g/mol. The molecule has 0 saturated heterocycles. The van der Waals surface area contributed by atoms with Crippen molar-refractivity contribution in [2.45, 2.75) is 90.4 Å². The van der Waals surface area contributed by atoms with Gasteiger partial charge < -0.3 is 47.3 Å². The normalized spacial score (nSPS) is 13.2. The van der Waals surface area contributed by atoms with Crippen molar-refractivity contribution in [2.24, 2.45) is 11.1 Å². The van der Waals surface area contributed by atoms with E-state index in [2.05, 4.69) is 31.6 Å². The lowest BCUT2D eigenvalue weighted by molar-refractivity contribution is -0.147. The van der Waals surface area contributed by atoms with Gasteiger partial charge in [-0.05, 0) is 55.0 Å². The molecule has 4 atom stereocenters. The summed E-state index contributed by atoms with van der Waals surface area (Å²) < 4.78 is 0. The van der Waals surface area contributed by atoms with E-state index in [1.54, 1.807) is 69.4 Å². The second kappa shape index (κ2) is 21.3. The Labute approximate surface area is 349 Å². The third-order valence-corrected chi connectivity index (χ3v) is 10.0. The first kappa shape index (κ1) is 46.0. The highest BCUT2D eigenvalue weighted by Crippen LogP contribution is 2.21. The summed E-state index contributed by atoms with van der Waals surface area (Å²) in [6.07, 6.45) is 1.70. The summed E-state index contributed by atoms with van der Waals surface area (Å²) in [5.74, 6) is -5.07. The molecule has 0 aliphatic heterocycles. The molecule has 1 aromatic heterocycles. The van der Waals surface area contributed by atoms with Crippen molar-refractivity contribution in [3.05, 3.63) is 102 Å². The molecule has 4 rings (SSSR count). The monoisotopic (exact) mass is 824 g/mol. The Bertz CT molecular complexity index is 2150. The van der Waals surface area contributed by atoms with Crippen LogP contribution in [0.1, 0.15) is 63.1 Å². The molecule has 16 nitrogen and oxygen atoms in total. The fraction of sp³-hybridized carbons (Fsp3) is 0.386. The Morgan fingerprint density at radius 1 is 0.783 bits per heavy atom. The van der Waals surface area contributed by atoms with Crippen molar-refractivity contribution in [2.75, 3.05) is 18.9 Å². The number of carbonyl (C=O) groups is 7. The lowest BCUT2D eigenvalue weighted by Gasteiger charge is -2.32. The fourth-order valence-electron chi connectivity index (χ4n) is 6.50. The Balaban J connectivity index is 1.57. The molecule has 0 fully saturated rings. The zero-order chi connectivity index (χ0) is 44.0. The van der Waals surface area contributed by atoms with E-state index in [9.17, 15) is 38.7 Å². The third-order valence-electron chi connectivity index (χ3n) is 10.0. The average molecular weight is 825 g/mol. The molecule has 4 aromatic rings. The number of carbonyl (C=O) groups excluding carboxylic acids is 6. The van der Waals surface area contributed by atoms with Gasteiger partial charge in [0.2, 0.25) is 29.5 Å². The quantitative estimate of drug-likeness (QED) is 0.0612. The maximum absolute atomic E-state index is 14.4. The van der Waals surface area contributed by atoms with Gasteiger partial charge in [-0.1, -0.05) is 87.5 Å². The van der Waals surface area contributed by atoms with E-state index in [1.165, 1.54) is 7.05 Å². The molecule has 320 valence electrons. The van der Waals surface area contributed by atoms with Crippen LogP contribution < -0.4 is 32.3 Å². The lowest BCUT2D eigenvalue weighted by atomic mass is 9.94. The van der Waals surface area contributed by atoms with Crippen LogP contribution >= 0.6 is 0 Å². The number of benzene rings is 3. The van der Waals surface area contributed by atoms with Gasteiger partial charge in [0.25, 0.3) is 0 Å². The first-order valence-electron chi connectivity index (χ1n) is 19.8. The predicted octanol–water partition coefficient (Wildman–Crippen LogP) is 3.54. The van der Waals surface area contributed by atoms with Crippen molar-refractivity contribution < 1.29 is 38.7 Å². The smallest absolute Gasteiger partial charge is 0.319 e. The number of anilines is 1. The molecule has 0 aliphatic carbocycles. The Kier molecular flexibility index (Phi) is 16.4. The molecule has 0 aliphatic rings. The van der Waals surface area contributed by atoms with Crippen LogP contribution in [0.25, 0.3) is 10.9 Å². The van der Waals surface area contributed by atoms with Gasteiger partial charge in [0.1, 0.15) is 24.2 Å². The minimum Gasteiger partial charge on any atom is -0.481 e. The van der Waals surface area contributed by atoms with Crippen molar-refractivity contribution in [3.8, 4) is 0 Å². The number of aliphatic carboxylic acids is 1. The number of H-pyrrole nitrogens is 1. The molecule has 0 saturated carbocycles.